The first-order valence-electron chi connectivity index (χ1n) is 3.85. The quantitative estimate of drug-likeness (QED) is 0.413. The van der Waals surface area contributed by atoms with Crippen LogP contribution in [0.4, 0.5) is 0 Å². The second kappa shape index (κ2) is 4.21. The Hall–Kier alpha value is 0.270. The molecule has 1 saturated carbocycles. The van der Waals surface area contributed by atoms with Crippen molar-refractivity contribution in [3.8, 4) is 0 Å². The van der Waals surface area contributed by atoms with Crippen LogP contribution in [0.3, 0.4) is 0 Å². The van der Waals surface area contributed by atoms with Crippen LogP contribution in [0.15, 0.2) is 0 Å². The lowest BCUT2D eigenvalue weighted by molar-refractivity contribution is 0.118. The van der Waals surface area contributed by atoms with E-state index in [1.807, 2.05) is 0 Å². The summed E-state index contributed by atoms with van der Waals surface area (Å²) in [5.41, 5.74) is 0. The van der Waals surface area contributed by atoms with E-state index in [0.29, 0.717) is 6.04 Å². The summed E-state index contributed by atoms with van der Waals surface area (Å²) in [5.74, 6) is 0.751. The minimum atomic E-state index is -0.0435. The molecule has 1 aliphatic rings. The zero-order chi connectivity index (χ0) is 7.40. The van der Waals surface area contributed by atoms with Gasteiger partial charge >= 0.3 is 0 Å². The molecule has 2 N–H and O–H groups in total. The van der Waals surface area contributed by atoms with Crippen molar-refractivity contribution in [3.05, 3.63) is 0 Å². The molecule has 0 aromatic carbocycles. The standard InChI is InChI=1S/C7H15NOS/c9-7-3-1-6(2-4-7)8-5-10/h6-10H,1-5H2. The maximum atomic E-state index is 9.15. The molecule has 0 bridgehead atoms. The van der Waals surface area contributed by atoms with E-state index < -0.39 is 0 Å². The fourth-order valence-electron chi connectivity index (χ4n) is 1.41. The molecule has 0 aromatic rings. The lowest BCUT2D eigenvalue weighted by atomic mass is 9.93. The second-order valence-electron chi connectivity index (χ2n) is 2.87. The highest BCUT2D eigenvalue weighted by molar-refractivity contribution is 7.80. The SMILES string of the molecule is OC1CCC(NCS)CC1. The van der Waals surface area contributed by atoms with Crippen molar-refractivity contribution in [2.45, 2.75) is 37.8 Å². The first-order chi connectivity index (χ1) is 4.83. The molecule has 0 aromatic heterocycles. The number of aliphatic hydroxyl groups is 1. The van der Waals surface area contributed by atoms with Crippen LogP contribution in [-0.4, -0.2) is 23.1 Å². The Morgan fingerprint density at radius 3 is 2.40 bits per heavy atom. The predicted molar refractivity (Wildman–Crippen MR) is 45.3 cm³/mol. The molecule has 1 aliphatic carbocycles. The summed E-state index contributed by atoms with van der Waals surface area (Å²) in [6, 6.07) is 0.598. The Morgan fingerprint density at radius 2 is 1.90 bits per heavy atom. The van der Waals surface area contributed by atoms with E-state index in [9.17, 15) is 0 Å². The van der Waals surface area contributed by atoms with Crippen molar-refractivity contribution < 1.29 is 5.11 Å². The minimum absolute atomic E-state index is 0.0435. The maximum Gasteiger partial charge on any atom is 0.0541 e. The van der Waals surface area contributed by atoms with Crippen LogP contribution in [0.1, 0.15) is 25.7 Å². The molecule has 10 heavy (non-hydrogen) atoms. The molecule has 2 nitrogen and oxygen atoms in total. The number of rotatable bonds is 2. The first-order valence-corrected chi connectivity index (χ1v) is 4.48. The highest BCUT2D eigenvalue weighted by Gasteiger charge is 2.17. The van der Waals surface area contributed by atoms with E-state index in [2.05, 4.69) is 17.9 Å². The van der Waals surface area contributed by atoms with Gasteiger partial charge in [-0.25, -0.2) is 0 Å². The van der Waals surface area contributed by atoms with Crippen LogP contribution in [0, 0.1) is 0 Å². The molecule has 0 spiro atoms. The third-order valence-corrected chi connectivity index (χ3v) is 2.26. The van der Waals surface area contributed by atoms with E-state index in [0.717, 1.165) is 31.6 Å². The van der Waals surface area contributed by atoms with Crippen LogP contribution in [0.2, 0.25) is 0 Å². The number of hydrogen-bond acceptors (Lipinski definition) is 3. The number of thiol groups is 1. The molecule has 0 heterocycles. The molecular formula is C7H15NOS. The highest BCUT2D eigenvalue weighted by atomic mass is 32.1. The van der Waals surface area contributed by atoms with Gasteiger partial charge in [-0.3, -0.25) is 0 Å². The molecule has 0 unspecified atom stereocenters. The molecule has 0 aliphatic heterocycles. The van der Waals surface area contributed by atoms with E-state index in [-0.39, 0.29) is 6.10 Å². The molecule has 0 saturated heterocycles. The van der Waals surface area contributed by atoms with Gasteiger partial charge in [0, 0.05) is 11.9 Å². The number of aliphatic hydroxyl groups excluding tert-OH is 1. The Labute approximate surface area is 67.4 Å². The van der Waals surface area contributed by atoms with Crippen molar-refractivity contribution in [1.82, 2.24) is 5.32 Å². The van der Waals surface area contributed by atoms with Crippen LogP contribution in [-0.2, 0) is 0 Å². The van der Waals surface area contributed by atoms with Gasteiger partial charge in [0.15, 0.2) is 0 Å². The van der Waals surface area contributed by atoms with Gasteiger partial charge in [-0.05, 0) is 25.7 Å². The van der Waals surface area contributed by atoms with Crippen molar-refractivity contribution >= 4 is 12.6 Å². The third kappa shape index (κ3) is 2.48. The lowest BCUT2D eigenvalue weighted by Gasteiger charge is -2.25. The Balaban J connectivity index is 2.13. The molecule has 1 fully saturated rings. The average molecular weight is 161 g/mol. The first kappa shape index (κ1) is 8.37. The van der Waals surface area contributed by atoms with E-state index in [4.69, 9.17) is 5.11 Å². The van der Waals surface area contributed by atoms with Crippen LogP contribution in [0.25, 0.3) is 0 Å². The lowest BCUT2D eigenvalue weighted by Crippen LogP contribution is -2.33. The second-order valence-corrected chi connectivity index (χ2v) is 3.18. The topological polar surface area (TPSA) is 32.3 Å². The van der Waals surface area contributed by atoms with Gasteiger partial charge in [-0.2, -0.15) is 12.6 Å². The van der Waals surface area contributed by atoms with Gasteiger partial charge in [-0.15, -0.1) is 0 Å². The van der Waals surface area contributed by atoms with Crippen molar-refractivity contribution in [2.24, 2.45) is 0 Å². The monoisotopic (exact) mass is 161 g/mol. The van der Waals surface area contributed by atoms with Gasteiger partial charge in [0.1, 0.15) is 0 Å². The van der Waals surface area contributed by atoms with Gasteiger partial charge in [-0.1, -0.05) is 0 Å². The molecule has 0 radical (unpaired) electrons. The Bertz CT molecular complexity index is 91.6. The molecule has 0 amide bonds. The summed E-state index contributed by atoms with van der Waals surface area (Å²) in [6.45, 7) is 0. The van der Waals surface area contributed by atoms with Gasteiger partial charge < -0.3 is 10.4 Å². The molecule has 0 atom stereocenters. The largest absolute Gasteiger partial charge is 0.393 e. The summed E-state index contributed by atoms with van der Waals surface area (Å²) in [6.07, 6.45) is 4.05. The predicted octanol–water partition coefficient (Wildman–Crippen LogP) is 0.767. The van der Waals surface area contributed by atoms with Crippen molar-refractivity contribution in [2.75, 3.05) is 5.88 Å². The fourth-order valence-corrected chi connectivity index (χ4v) is 1.67. The van der Waals surface area contributed by atoms with E-state index >= 15 is 0 Å². The number of nitrogens with one attached hydrogen (secondary N) is 1. The van der Waals surface area contributed by atoms with Gasteiger partial charge in [0.05, 0.1) is 6.10 Å². The molecule has 1 rings (SSSR count). The van der Waals surface area contributed by atoms with Crippen LogP contribution in [0.5, 0.6) is 0 Å². The molecule has 3 heteroatoms. The van der Waals surface area contributed by atoms with E-state index in [1.165, 1.54) is 0 Å². The zero-order valence-corrected chi connectivity index (χ0v) is 6.98. The summed E-state index contributed by atoms with van der Waals surface area (Å²) in [5, 5.41) is 12.4. The Morgan fingerprint density at radius 1 is 1.30 bits per heavy atom. The minimum Gasteiger partial charge on any atom is -0.393 e. The molecule has 60 valence electrons. The maximum absolute atomic E-state index is 9.15. The summed E-state index contributed by atoms with van der Waals surface area (Å²) in [4.78, 5) is 0. The zero-order valence-electron chi connectivity index (χ0n) is 6.08. The molecular weight excluding hydrogens is 146 g/mol. The van der Waals surface area contributed by atoms with Gasteiger partial charge in [0.2, 0.25) is 0 Å². The Kier molecular flexibility index (Phi) is 3.52. The van der Waals surface area contributed by atoms with Gasteiger partial charge in [0.25, 0.3) is 0 Å². The number of hydrogen-bond donors (Lipinski definition) is 3. The summed E-state index contributed by atoms with van der Waals surface area (Å²) < 4.78 is 0. The van der Waals surface area contributed by atoms with Crippen molar-refractivity contribution in [3.63, 3.8) is 0 Å². The average Bonchev–Trinajstić information content (AvgIpc) is 1.95. The van der Waals surface area contributed by atoms with Crippen LogP contribution >= 0.6 is 12.6 Å². The summed E-state index contributed by atoms with van der Waals surface area (Å²) >= 11 is 4.08. The fraction of sp³-hybridized carbons (Fsp3) is 1.00. The normalized spacial score (nSPS) is 34.2. The smallest absolute Gasteiger partial charge is 0.0541 e. The van der Waals surface area contributed by atoms with E-state index in [1.54, 1.807) is 0 Å². The van der Waals surface area contributed by atoms with Crippen LogP contribution < -0.4 is 5.32 Å². The highest BCUT2D eigenvalue weighted by Crippen LogP contribution is 2.17. The summed E-state index contributed by atoms with van der Waals surface area (Å²) in [7, 11) is 0. The van der Waals surface area contributed by atoms with Crippen molar-refractivity contribution in [1.29, 1.82) is 0 Å². The third-order valence-electron chi connectivity index (χ3n) is 2.08.